The largest absolute Gasteiger partial charge is 0.147 e. The van der Waals surface area contributed by atoms with Crippen molar-refractivity contribution in [2.75, 3.05) is 0 Å². The van der Waals surface area contributed by atoms with Crippen LogP contribution in [0.15, 0.2) is 23.3 Å². The van der Waals surface area contributed by atoms with Gasteiger partial charge in [0.1, 0.15) is 0 Å². The molecule has 3 rings (SSSR count). The molecule has 0 nitrogen and oxygen atoms in total. The van der Waals surface area contributed by atoms with Crippen molar-refractivity contribution >= 4 is 12.4 Å². The minimum Gasteiger partial charge on any atom is -0.147 e. The molecule has 0 amide bonds. The van der Waals surface area contributed by atoms with Gasteiger partial charge in [0.05, 0.1) is 0 Å². The molecule has 0 spiro atoms. The van der Waals surface area contributed by atoms with E-state index in [1.54, 1.807) is 11.1 Å². The van der Waals surface area contributed by atoms with Crippen molar-refractivity contribution in [3.05, 3.63) is 23.3 Å². The van der Waals surface area contributed by atoms with E-state index in [9.17, 15) is 0 Å². The highest BCUT2D eigenvalue weighted by Crippen LogP contribution is 2.31. The van der Waals surface area contributed by atoms with Crippen molar-refractivity contribution in [3.8, 4) is 0 Å². The number of rotatable bonds is 0. The van der Waals surface area contributed by atoms with Crippen LogP contribution in [0, 0.1) is 0 Å². The van der Waals surface area contributed by atoms with Gasteiger partial charge in [0.2, 0.25) is 0 Å². The first-order chi connectivity index (χ1) is 3.95. The molecule has 50 valence electrons. The Bertz CT molecular complexity index is 133. The van der Waals surface area contributed by atoms with Gasteiger partial charge in [-0.25, -0.2) is 0 Å². The lowest BCUT2D eigenvalue weighted by Gasteiger charge is -2.20. The Kier molecular flexibility index (Phi) is 1.97. The van der Waals surface area contributed by atoms with Gasteiger partial charge in [-0.1, -0.05) is 23.3 Å². The Balaban J connectivity index is 0.000000405. The van der Waals surface area contributed by atoms with Gasteiger partial charge in [0.15, 0.2) is 0 Å². The number of halogens is 1. The quantitative estimate of drug-likeness (QED) is 0.488. The van der Waals surface area contributed by atoms with Crippen LogP contribution in [-0.4, -0.2) is 0 Å². The van der Waals surface area contributed by atoms with E-state index in [0.29, 0.717) is 0 Å². The molecule has 9 heavy (non-hydrogen) atoms. The molecule has 0 heterocycles. The maximum absolute atomic E-state index is 2.29. The summed E-state index contributed by atoms with van der Waals surface area (Å²) in [5.41, 5.74) is 3.33. The molecule has 0 aromatic carbocycles. The fourth-order valence-electron chi connectivity index (χ4n) is 1.46. The Labute approximate surface area is 62.1 Å². The van der Waals surface area contributed by atoms with E-state index in [-0.39, 0.29) is 12.4 Å². The van der Waals surface area contributed by atoms with E-state index in [4.69, 9.17) is 0 Å². The zero-order valence-corrected chi connectivity index (χ0v) is 6.21. The highest BCUT2D eigenvalue weighted by Gasteiger charge is 2.12. The molecule has 1 heteroatoms. The van der Waals surface area contributed by atoms with Gasteiger partial charge in [-0.2, -0.15) is 0 Å². The van der Waals surface area contributed by atoms with Crippen molar-refractivity contribution in [1.29, 1.82) is 0 Å². The molecule has 0 radical (unpaired) electrons. The van der Waals surface area contributed by atoms with Crippen LogP contribution in [0.25, 0.3) is 0 Å². The molecule has 3 aliphatic rings. The van der Waals surface area contributed by atoms with Crippen molar-refractivity contribution in [3.63, 3.8) is 0 Å². The van der Waals surface area contributed by atoms with Crippen LogP contribution in [0.2, 0.25) is 0 Å². The van der Waals surface area contributed by atoms with E-state index in [1.165, 1.54) is 25.7 Å². The van der Waals surface area contributed by atoms with Crippen LogP contribution in [0.1, 0.15) is 25.7 Å². The normalized spacial score (nSPS) is 22.2. The average Bonchev–Trinajstić information content (AvgIpc) is 1.92. The number of hydrogen-bond acceptors (Lipinski definition) is 0. The molecule has 0 aromatic rings. The van der Waals surface area contributed by atoms with E-state index < -0.39 is 0 Å². The summed E-state index contributed by atoms with van der Waals surface area (Å²) in [4.78, 5) is 0. The van der Waals surface area contributed by atoms with Gasteiger partial charge in [-0.05, 0) is 25.7 Å². The zero-order valence-electron chi connectivity index (χ0n) is 5.39. The first kappa shape index (κ1) is 6.88. The van der Waals surface area contributed by atoms with Crippen molar-refractivity contribution < 1.29 is 0 Å². The van der Waals surface area contributed by atoms with Crippen molar-refractivity contribution in [1.82, 2.24) is 0 Å². The predicted octanol–water partition coefficient (Wildman–Crippen LogP) is 2.85. The minimum absolute atomic E-state index is 0. The lowest BCUT2D eigenvalue weighted by Crippen LogP contribution is -2.01. The third-order valence-corrected chi connectivity index (χ3v) is 2.09. The highest BCUT2D eigenvalue weighted by atomic mass is 35.5. The summed E-state index contributed by atoms with van der Waals surface area (Å²) >= 11 is 0. The summed E-state index contributed by atoms with van der Waals surface area (Å²) in [7, 11) is 0. The van der Waals surface area contributed by atoms with Crippen LogP contribution in [0.3, 0.4) is 0 Å². The monoisotopic (exact) mass is 142 g/mol. The summed E-state index contributed by atoms with van der Waals surface area (Å²) in [5.74, 6) is 0. The highest BCUT2D eigenvalue weighted by molar-refractivity contribution is 5.85. The third-order valence-electron chi connectivity index (χ3n) is 2.09. The topological polar surface area (TPSA) is 0 Å². The standard InChI is InChI=1S/C8H10.ClH/c1-2-8-5-3-7(1)4-6-8;/h1-2H,3-6H2;1H. The van der Waals surface area contributed by atoms with Gasteiger partial charge in [-0.15, -0.1) is 12.4 Å². The molecule has 0 saturated heterocycles. The van der Waals surface area contributed by atoms with Crippen LogP contribution in [0.5, 0.6) is 0 Å². The maximum Gasteiger partial charge on any atom is -0.0280 e. The van der Waals surface area contributed by atoms with Crippen LogP contribution in [-0.2, 0) is 0 Å². The molecule has 0 atom stereocenters. The first-order valence-electron chi connectivity index (χ1n) is 3.32. The molecule has 0 unspecified atom stereocenters. The number of allylic oxidation sites excluding steroid dienone is 4. The third kappa shape index (κ3) is 1.19. The number of hydrogen-bond donors (Lipinski definition) is 0. The smallest absolute Gasteiger partial charge is 0.0280 e. The summed E-state index contributed by atoms with van der Waals surface area (Å²) in [6.45, 7) is 0. The lowest BCUT2D eigenvalue weighted by atomic mass is 9.85. The SMILES string of the molecule is C1=C2CCC(=C1)CC2.Cl. The Morgan fingerprint density at radius 2 is 1.11 bits per heavy atom. The Morgan fingerprint density at radius 3 is 1.22 bits per heavy atom. The molecule has 0 N–H and O–H groups in total. The number of fused-ring (bicyclic) bond motifs is 3. The fourth-order valence-corrected chi connectivity index (χ4v) is 1.46. The molecule has 0 aliphatic heterocycles. The van der Waals surface area contributed by atoms with Crippen LogP contribution >= 0.6 is 12.4 Å². The molecule has 1 fully saturated rings. The molecule has 3 aliphatic carbocycles. The maximum atomic E-state index is 2.29. The summed E-state index contributed by atoms with van der Waals surface area (Å²) in [6.07, 6.45) is 10.0. The predicted molar refractivity (Wildman–Crippen MR) is 41.9 cm³/mol. The second kappa shape index (κ2) is 2.57. The lowest BCUT2D eigenvalue weighted by molar-refractivity contribution is 0.712. The van der Waals surface area contributed by atoms with Crippen LogP contribution in [0.4, 0.5) is 0 Å². The summed E-state index contributed by atoms with van der Waals surface area (Å²) in [6, 6.07) is 0. The van der Waals surface area contributed by atoms with Gasteiger partial charge in [0, 0.05) is 0 Å². The molecule has 2 bridgehead atoms. The van der Waals surface area contributed by atoms with Gasteiger partial charge >= 0.3 is 0 Å². The molecule has 0 aromatic heterocycles. The summed E-state index contributed by atoms with van der Waals surface area (Å²) in [5, 5.41) is 0. The summed E-state index contributed by atoms with van der Waals surface area (Å²) < 4.78 is 0. The van der Waals surface area contributed by atoms with E-state index in [0.717, 1.165) is 0 Å². The molecule has 1 saturated carbocycles. The van der Waals surface area contributed by atoms with Crippen molar-refractivity contribution in [2.45, 2.75) is 25.7 Å². The van der Waals surface area contributed by atoms with E-state index in [1.807, 2.05) is 0 Å². The van der Waals surface area contributed by atoms with Crippen molar-refractivity contribution in [2.24, 2.45) is 0 Å². The second-order valence-corrected chi connectivity index (χ2v) is 2.65. The molecular formula is C8H11Cl. The van der Waals surface area contributed by atoms with Crippen LogP contribution < -0.4 is 0 Å². The fraction of sp³-hybridized carbons (Fsp3) is 0.500. The van der Waals surface area contributed by atoms with Gasteiger partial charge in [-0.3, -0.25) is 0 Å². The molecular weight excluding hydrogens is 132 g/mol. The zero-order chi connectivity index (χ0) is 5.40. The van der Waals surface area contributed by atoms with E-state index >= 15 is 0 Å². The Morgan fingerprint density at radius 1 is 0.778 bits per heavy atom. The average molecular weight is 143 g/mol. The first-order valence-corrected chi connectivity index (χ1v) is 3.32. The van der Waals surface area contributed by atoms with Gasteiger partial charge < -0.3 is 0 Å². The second-order valence-electron chi connectivity index (χ2n) is 2.65. The Hall–Kier alpha value is -0.230. The minimum atomic E-state index is 0. The van der Waals surface area contributed by atoms with E-state index in [2.05, 4.69) is 12.2 Å². The van der Waals surface area contributed by atoms with Gasteiger partial charge in [0.25, 0.3) is 0 Å².